The fourth-order valence-corrected chi connectivity index (χ4v) is 1.84. The lowest BCUT2D eigenvalue weighted by molar-refractivity contribution is 0.232. The van der Waals surface area contributed by atoms with Gasteiger partial charge in [-0.3, -0.25) is 4.90 Å². The molecule has 0 amide bonds. The van der Waals surface area contributed by atoms with Crippen molar-refractivity contribution in [2.45, 2.75) is 12.8 Å². The molecular formula is C11H15ClN2O. The molecule has 0 radical (unpaired) electrons. The van der Waals surface area contributed by atoms with E-state index in [1.807, 2.05) is 0 Å². The molecule has 1 aromatic rings. The van der Waals surface area contributed by atoms with Crippen molar-refractivity contribution < 1.29 is 4.74 Å². The van der Waals surface area contributed by atoms with Crippen LogP contribution in [0.3, 0.4) is 0 Å². The Labute approximate surface area is 95.0 Å². The topological polar surface area (TPSA) is 25.4 Å². The molecule has 1 aliphatic heterocycles. The summed E-state index contributed by atoms with van der Waals surface area (Å²) < 4.78 is 5.51. The molecule has 82 valence electrons. The summed E-state index contributed by atoms with van der Waals surface area (Å²) in [6.45, 7) is 4.10. The second kappa shape index (κ2) is 5.33. The lowest BCUT2D eigenvalue weighted by atomic mass is 10.4. The van der Waals surface area contributed by atoms with Gasteiger partial charge < -0.3 is 4.74 Å². The maximum Gasteiger partial charge on any atom is 0.213 e. The van der Waals surface area contributed by atoms with Gasteiger partial charge in [-0.2, -0.15) is 0 Å². The second-order valence-electron chi connectivity index (χ2n) is 3.71. The largest absolute Gasteiger partial charge is 0.476 e. The number of nitrogens with zero attached hydrogens (tertiary/aromatic N) is 2. The molecule has 1 aromatic heterocycles. The summed E-state index contributed by atoms with van der Waals surface area (Å²) in [5, 5.41) is 0.641. The van der Waals surface area contributed by atoms with Crippen LogP contribution in [0, 0.1) is 0 Å². The molecule has 0 aromatic carbocycles. The van der Waals surface area contributed by atoms with Gasteiger partial charge in [-0.15, -0.1) is 0 Å². The Morgan fingerprint density at radius 3 is 2.80 bits per heavy atom. The first-order chi connectivity index (χ1) is 7.34. The highest BCUT2D eigenvalue weighted by Crippen LogP contribution is 2.12. The minimum atomic E-state index is 0.641. The number of aromatic nitrogens is 1. The van der Waals surface area contributed by atoms with Crippen LogP contribution >= 0.6 is 11.6 Å². The Hall–Kier alpha value is -0.800. The third-order valence-electron chi connectivity index (χ3n) is 2.56. The highest BCUT2D eigenvalue weighted by atomic mass is 35.5. The molecule has 3 nitrogen and oxygen atoms in total. The van der Waals surface area contributed by atoms with Crippen LogP contribution in [-0.2, 0) is 0 Å². The zero-order valence-electron chi connectivity index (χ0n) is 8.66. The van der Waals surface area contributed by atoms with Crippen molar-refractivity contribution in [1.82, 2.24) is 9.88 Å². The van der Waals surface area contributed by atoms with E-state index in [-0.39, 0.29) is 0 Å². The summed E-state index contributed by atoms with van der Waals surface area (Å²) in [5.41, 5.74) is 0. The molecule has 0 spiro atoms. The van der Waals surface area contributed by atoms with Crippen LogP contribution in [0.25, 0.3) is 0 Å². The summed E-state index contributed by atoms with van der Waals surface area (Å²) in [6.07, 6.45) is 4.24. The predicted molar refractivity (Wildman–Crippen MR) is 60.4 cm³/mol. The quantitative estimate of drug-likeness (QED) is 0.787. The zero-order chi connectivity index (χ0) is 10.5. The van der Waals surface area contributed by atoms with Crippen LogP contribution in [0.4, 0.5) is 0 Å². The molecule has 2 heterocycles. The van der Waals surface area contributed by atoms with Crippen molar-refractivity contribution in [2.24, 2.45) is 0 Å². The third kappa shape index (κ3) is 3.36. The van der Waals surface area contributed by atoms with Gasteiger partial charge in [0.25, 0.3) is 0 Å². The molecule has 0 bridgehead atoms. The predicted octanol–water partition coefficient (Wildman–Crippen LogP) is 2.21. The minimum Gasteiger partial charge on any atom is -0.476 e. The molecule has 15 heavy (non-hydrogen) atoms. The van der Waals surface area contributed by atoms with Crippen LogP contribution < -0.4 is 4.74 Å². The Kier molecular flexibility index (Phi) is 3.80. The van der Waals surface area contributed by atoms with E-state index in [1.54, 1.807) is 18.3 Å². The summed E-state index contributed by atoms with van der Waals surface area (Å²) in [4.78, 5) is 6.48. The molecule has 4 heteroatoms. The van der Waals surface area contributed by atoms with E-state index in [4.69, 9.17) is 16.3 Å². The van der Waals surface area contributed by atoms with Crippen molar-refractivity contribution in [3.05, 3.63) is 23.4 Å². The summed E-state index contributed by atoms with van der Waals surface area (Å²) in [5.74, 6) is 0.651. The number of likely N-dealkylation sites (tertiary alicyclic amines) is 1. The number of ether oxygens (including phenoxy) is 1. The molecule has 0 N–H and O–H groups in total. The lowest BCUT2D eigenvalue weighted by Crippen LogP contribution is -2.25. The molecular weight excluding hydrogens is 212 g/mol. The fourth-order valence-electron chi connectivity index (χ4n) is 1.73. The minimum absolute atomic E-state index is 0.641. The fraction of sp³-hybridized carbons (Fsp3) is 0.545. The average Bonchev–Trinajstić information content (AvgIpc) is 2.74. The number of rotatable bonds is 4. The highest BCUT2D eigenvalue weighted by Gasteiger charge is 2.10. The average molecular weight is 227 g/mol. The molecule has 1 aliphatic rings. The van der Waals surface area contributed by atoms with Crippen molar-refractivity contribution in [1.29, 1.82) is 0 Å². The van der Waals surface area contributed by atoms with Gasteiger partial charge in [0.05, 0.1) is 5.02 Å². The summed E-state index contributed by atoms with van der Waals surface area (Å²) in [7, 11) is 0. The maximum atomic E-state index is 5.72. The van der Waals surface area contributed by atoms with Crippen LogP contribution in [0.2, 0.25) is 5.02 Å². The van der Waals surface area contributed by atoms with E-state index >= 15 is 0 Å². The number of hydrogen-bond acceptors (Lipinski definition) is 3. The maximum absolute atomic E-state index is 5.72. The van der Waals surface area contributed by atoms with Gasteiger partial charge in [0.2, 0.25) is 5.88 Å². The van der Waals surface area contributed by atoms with E-state index in [0.29, 0.717) is 17.5 Å². The normalized spacial score (nSPS) is 16.9. The number of hydrogen-bond donors (Lipinski definition) is 0. The molecule has 0 aliphatic carbocycles. The van der Waals surface area contributed by atoms with Gasteiger partial charge in [0.15, 0.2) is 0 Å². The first kappa shape index (κ1) is 10.7. The van der Waals surface area contributed by atoms with Gasteiger partial charge in [0.1, 0.15) is 6.61 Å². The molecule has 0 saturated carbocycles. The Morgan fingerprint density at radius 1 is 1.33 bits per heavy atom. The van der Waals surface area contributed by atoms with Crippen molar-refractivity contribution in [3.63, 3.8) is 0 Å². The standard InChI is InChI=1S/C11H15ClN2O/c12-10-3-4-11(13-9-10)15-8-7-14-5-1-2-6-14/h3-4,9H,1-2,5-8H2. The van der Waals surface area contributed by atoms with Crippen molar-refractivity contribution >= 4 is 11.6 Å². The van der Waals surface area contributed by atoms with E-state index in [2.05, 4.69) is 9.88 Å². The smallest absolute Gasteiger partial charge is 0.213 e. The van der Waals surface area contributed by atoms with Crippen LogP contribution in [0.15, 0.2) is 18.3 Å². The Bertz CT molecular complexity index is 296. The van der Waals surface area contributed by atoms with Crippen LogP contribution in [-0.4, -0.2) is 36.1 Å². The summed E-state index contributed by atoms with van der Waals surface area (Å²) in [6, 6.07) is 3.59. The number of pyridine rings is 1. The van der Waals surface area contributed by atoms with Gasteiger partial charge in [-0.1, -0.05) is 11.6 Å². The first-order valence-electron chi connectivity index (χ1n) is 5.31. The Morgan fingerprint density at radius 2 is 2.13 bits per heavy atom. The molecule has 2 rings (SSSR count). The van der Waals surface area contributed by atoms with E-state index in [0.717, 1.165) is 6.54 Å². The van der Waals surface area contributed by atoms with Crippen molar-refractivity contribution in [2.75, 3.05) is 26.2 Å². The molecule has 0 atom stereocenters. The molecule has 1 saturated heterocycles. The monoisotopic (exact) mass is 226 g/mol. The number of halogens is 1. The van der Waals surface area contributed by atoms with Gasteiger partial charge in [-0.25, -0.2) is 4.98 Å². The lowest BCUT2D eigenvalue weighted by Gasteiger charge is -2.14. The van der Waals surface area contributed by atoms with Crippen LogP contribution in [0.1, 0.15) is 12.8 Å². The molecule has 1 fully saturated rings. The van der Waals surface area contributed by atoms with Gasteiger partial charge in [-0.05, 0) is 32.0 Å². The summed E-state index contributed by atoms with van der Waals surface area (Å²) >= 11 is 5.72. The molecule has 0 unspecified atom stereocenters. The first-order valence-corrected chi connectivity index (χ1v) is 5.69. The van der Waals surface area contributed by atoms with Crippen LogP contribution in [0.5, 0.6) is 5.88 Å². The SMILES string of the molecule is Clc1ccc(OCCN2CCCC2)nc1. The zero-order valence-corrected chi connectivity index (χ0v) is 9.41. The van der Waals surface area contributed by atoms with E-state index in [1.165, 1.54) is 25.9 Å². The van der Waals surface area contributed by atoms with Gasteiger partial charge in [0, 0.05) is 18.8 Å². The van der Waals surface area contributed by atoms with Crippen molar-refractivity contribution in [3.8, 4) is 5.88 Å². The Balaban J connectivity index is 1.71. The van der Waals surface area contributed by atoms with E-state index < -0.39 is 0 Å². The highest BCUT2D eigenvalue weighted by molar-refractivity contribution is 6.30. The van der Waals surface area contributed by atoms with E-state index in [9.17, 15) is 0 Å². The van der Waals surface area contributed by atoms with Gasteiger partial charge >= 0.3 is 0 Å². The second-order valence-corrected chi connectivity index (χ2v) is 4.15. The third-order valence-corrected chi connectivity index (χ3v) is 2.78.